The maximum absolute atomic E-state index is 12.4. The minimum atomic E-state index is -3.44. The molecule has 0 bridgehead atoms. The molecule has 2 aromatic rings. The summed E-state index contributed by atoms with van der Waals surface area (Å²) in [7, 11) is -3.44. The lowest BCUT2D eigenvalue weighted by molar-refractivity contribution is 0.580. The number of aromatic nitrogens is 1. The summed E-state index contributed by atoms with van der Waals surface area (Å²) in [4.78, 5) is 4.41. The molecule has 0 saturated heterocycles. The highest BCUT2D eigenvalue weighted by molar-refractivity contribution is 7.89. The average molecular weight is 317 g/mol. The third kappa shape index (κ3) is 3.45. The lowest BCUT2D eigenvalue weighted by Crippen LogP contribution is -2.26. The van der Waals surface area contributed by atoms with Crippen LogP contribution in [0.1, 0.15) is 24.0 Å². The Morgan fingerprint density at radius 3 is 2.73 bits per heavy atom. The van der Waals surface area contributed by atoms with Gasteiger partial charge in [-0.3, -0.25) is 4.98 Å². The van der Waals surface area contributed by atoms with E-state index < -0.39 is 10.0 Å². The summed E-state index contributed by atoms with van der Waals surface area (Å²) in [6.45, 7) is 2.43. The molecule has 0 radical (unpaired) electrons. The first-order chi connectivity index (χ1) is 10.6. The second kappa shape index (κ2) is 6.06. The lowest BCUT2D eigenvalue weighted by Gasteiger charge is -2.14. The van der Waals surface area contributed by atoms with Gasteiger partial charge in [-0.25, -0.2) is 13.1 Å². The minimum absolute atomic E-state index is 0.108. The zero-order chi connectivity index (χ0) is 15.6. The SMILES string of the molecule is Cc1c(NCc2cccnc2)cccc1S(=O)(=O)NC1CC1. The molecule has 1 saturated carbocycles. The molecule has 116 valence electrons. The van der Waals surface area contributed by atoms with Gasteiger partial charge in [0, 0.05) is 30.7 Å². The number of pyridine rings is 1. The number of hydrogen-bond acceptors (Lipinski definition) is 4. The summed E-state index contributed by atoms with van der Waals surface area (Å²) in [5, 5.41) is 3.28. The number of anilines is 1. The second-order valence-electron chi connectivity index (χ2n) is 5.54. The van der Waals surface area contributed by atoms with E-state index in [0.29, 0.717) is 11.4 Å². The molecule has 1 aromatic heterocycles. The van der Waals surface area contributed by atoms with Crippen LogP contribution in [-0.4, -0.2) is 19.4 Å². The van der Waals surface area contributed by atoms with Gasteiger partial charge in [0.1, 0.15) is 0 Å². The molecule has 0 aliphatic heterocycles. The molecule has 3 rings (SSSR count). The molecule has 22 heavy (non-hydrogen) atoms. The van der Waals surface area contributed by atoms with Crippen LogP contribution in [0.2, 0.25) is 0 Å². The van der Waals surface area contributed by atoms with Gasteiger partial charge in [-0.2, -0.15) is 0 Å². The van der Waals surface area contributed by atoms with Crippen molar-refractivity contribution in [1.82, 2.24) is 9.71 Å². The number of hydrogen-bond donors (Lipinski definition) is 2. The van der Waals surface area contributed by atoms with Crippen molar-refractivity contribution < 1.29 is 8.42 Å². The van der Waals surface area contributed by atoms with Crippen molar-refractivity contribution in [3.63, 3.8) is 0 Å². The Kier molecular flexibility index (Phi) is 4.13. The standard InChI is InChI=1S/C16H19N3O2S/c1-12-15(18-11-13-4-3-9-17-10-13)5-2-6-16(12)22(20,21)19-14-7-8-14/h2-6,9-10,14,18-19H,7-8,11H2,1H3. The fourth-order valence-corrected chi connectivity index (χ4v) is 3.85. The van der Waals surface area contributed by atoms with Crippen molar-refractivity contribution in [2.75, 3.05) is 5.32 Å². The Morgan fingerprint density at radius 1 is 1.23 bits per heavy atom. The highest BCUT2D eigenvalue weighted by atomic mass is 32.2. The zero-order valence-corrected chi connectivity index (χ0v) is 13.2. The molecule has 1 heterocycles. The van der Waals surface area contributed by atoms with Crippen LogP contribution >= 0.6 is 0 Å². The van der Waals surface area contributed by atoms with Crippen molar-refractivity contribution in [2.45, 2.75) is 37.2 Å². The Balaban J connectivity index is 1.79. The van der Waals surface area contributed by atoms with Gasteiger partial charge < -0.3 is 5.32 Å². The molecule has 0 amide bonds. The fraction of sp³-hybridized carbons (Fsp3) is 0.312. The van der Waals surface area contributed by atoms with E-state index in [1.54, 1.807) is 24.5 Å². The van der Waals surface area contributed by atoms with E-state index in [9.17, 15) is 8.42 Å². The first-order valence-electron chi connectivity index (χ1n) is 7.31. The minimum Gasteiger partial charge on any atom is -0.381 e. The highest BCUT2D eigenvalue weighted by Crippen LogP contribution is 2.26. The molecule has 2 N–H and O–H groups in total. The fourth-order valence-electron chi connectivity index (χ4n) is 2.28. The number of benzene rings is 1. The van der Waals surface area contributed by atoms with Crippen LogP contribution in [0.4, 0.5) is 5.69 Å². The Bertz CT molecular complexity index is 756. The highest BCUT2D eigenvalue weighted by Gasteiger charge is 2.29. The van der Waals surface area contributed by atoms with Gasteiger partial charge in [0.25, 0.3) is 0 Å². The van der Waals surface area contributed by atoms with Gasteiger partial charge in [-0.05, 0) is 49.1 Å². The number of nitrogens with zero attached hydrogens (tertiary/aromatic N) is 1. The Hall–Kier alpha value is -1.92. The Morgan fingerprint density at radius 2 is 2.05 bits per heavy atom. The summed E-state index contributed by atoms with van der Waals surface area (Å²) in [5.74, 6) is 0. The number of nitrogens with one attached hydrogen (secondary N) is 2. The quantitative estimate of drug-likeness (QED) is 0.858. The van der Waals surface area contributed by atoms with Gasteiger partial charge in [0.2, 0.25) is 10.0 Å². The van der Waals surface area contributed by atoms with Crippen LogP contribution in [-0.2, 0) is 16.6 Å². The molecule has 1 aromatic carbocycles. The molecule has 0 spiro atoms. The van der Waals surface area contributed by atoms with E-state index >= 15 is 0 Å². The molecule has 1 fully saturated rings. The molecular formula is C16H19N3O2S. The largest absolute Gasteiger partial charge is 0.381 e. The molecule has 0 unspecified atom stereocenters. The topological polar surface area (TPSA) is 71.1 Å². The summed E-state index contributed by atoms with van der Waals surface area (Å²) in [5.41, 5.74) is 2.60. The molecule has 1 aliphatic carbocycles. The van der Waals surface area contributed by atoms with Crippen molar-refractivity contribution in [1.29, 1.82) is 0 Å². The smallest absolute Gasteiger partial charge is 0.241 e. The normalized spacial score (nSPS) is 14.8. The lowest BCUT2D eigenvalue weighted by atomic mass is 10.2. The predicted molar refractivity (Wildman–Crippen MR) is 86.1 cm³/mol. The van der Waals surface area contributed by atoms with E-state index in [2.05, 4.69) is 15.0 Å². The summed E-state index contributed by atoms with van der Waals surface area (Å²) >= 11 is 0. The number of rotatable bonds is 6. The van der Waals surface area contributed by atoms with Crippen molar-refractivity contribution in [3.05, 3.63) is 53.9 Å². The van der Waals surface area contributed by atoms with Gasteiger partial charge >= 0.3 is 0 Å². The summed E-state index contributed by atoms with van der Waals surface area (Å²) in [6.07, 6.45) is 5.37. The van der Waals surface area contributed by atoms with E-state index in [-0.39, 0.29) is 6.04 Å². The van der Waals surface area contributed by atoms with E-state index in [1.807, 2.05) is 25.1 Å². The van der Waals surface area contributed by atoms with Crippen LogP contribution in [0.5, 0.6) is 0 Å². The third-order valence-electron chi connectivity index (χ3n) is 3.68. The molecule has 1 aliphatic rings. The van der Waals surface area contributed by atoms with Crippen molar-refractivity contribution in [2.24, 2.45) is 0 Å². The molecule has 5 nitrogen and oxygen atoms in total. The maximum atomic E-state index is 12.4. The van der Waals surface area contributed by atoms with Crippen molar-refractivity contribution >= 4 is 15.7 Å². The van der Waals surface area contributed by atoms with Crippen LogP contribution in [0.25, 0.3) is 0 Å². The predicted octanol–water partition coefficient (Wildman–Crippen LogP) is 2.44. The average Bonchev–Trinajstić information content (AvgIpc) is 3.30. The second-order valence-corrected chi connectivity index (χ2v) is 7.22. The van der Waals surface area contributed by atoms with Crippen molar-refractivity contribution in [3.8, 4) is 0 Å². The first kappa shape index (κ1) is 15.0. The third-order valence-corrected chi connectivity index (χ3v) is 5.34. The van der Waals surface area contributed by atoms with Crippen LogP contribution < -0.4 is 10.0 Å². The Labute approximate surface area is 130 Å². The van der Waals surface area contributed by atoms with Gasteiger partial charge in [0.15, 0.2) is 0 Å². The van der Waals surface area contributed by atoms with Gasteiger partial charge in [-0.1, -0.05) is 12.1 Å². The number of sulfonamides is 1. The van der Waals surface area contributed by atoms with Gasteiger partial charge in [-0.15, -0.1) is 0 Å². The first-order valence-corrected chi connectivity index (χ1v) is 8.79. The zero-order valence-electron chi connectivity index (χ0n) is 12.4. The van der Waals surface area contributed by atoms with Crippen LogP contribution in [0.15, 0.2) is 47.6 Å². The van der Waals surface area contributed by atoms with E-state index in [0.717, 1.165) is 29.7 Å². The van der Waals surface area contributed by atoms with Crippen LogP contribution in [0, 0.1) is 6.92 Å². The van der Waals surface area contributed by atoms with E-state index in [1.165, 1.54) is 0 Å². The molecule has 6 heteroatoms. The monoisotopic (exact) mass is 317 g/mol. The summed E-state index contributed by atoms with van der Waals surface area (Å²) < 4.78 is 27.5. The van der Waals surface area contributed by atoms with E-state index in [4.69, 9.17) is 0 Å². The molecule has 0 atom stereocenters. The summed E-state index contributed by atoms with van der Waals surface area (Å²) in [6, 6.07) is 9.27. The van der Waals surface area contributed by atoms with Gasteiger partial charge in [0.05, 0.1) is 4.90 Å². The molecular weight excluding hydrogens is 298 g/mol. The van der Waals surface area contributed by atoms with Crippen LogP contribution in [0.3, 0.4) is 0 Å². The maximum Gasteiger partial charge on any atom is 0.241 e.